The molecule has 1 N–H and O–H groups in total. The third-order valence-corrected chi connectivity index (χ3v) is 7.34. The second kappa shape index (κ2) is 8.59. The molecule has 1 spiro atoms. The molecule has 8 nitrogen and oxygen atoms in total. The summed E-state index contributed by atoms with van der Waals surface area (Å²) in [6, 6.07) is -1.64. The van der Waals surface area contributed by atoms with Crippen molar-refractivity contribution in [2.45, 2.75) is 68.8 Å². The molecular weight excluding hydrogens is 456 g/mol. The van der Waals surface area contributed by atoms with Crippen molar-refractivity contribution in [1.29, 1.82) is 0 Å². The monoisotopic (exact) mass is 486 g/mol. The van der Waals surface area contributed by atoms with Crippen LogP contribution in [0.2, 0.25) is 0 Å². The lowest BCUT2D eigenvalue weighted by molar-refractivity contribution is -0.156. The number of likely N-dealkylation sites (tertiary alicyclic amines) is 1. The van der Waals surface area contributed by atoms with Gasteiger partial charge in [0.15, 0.2) is 0 Å². The van der Waals surface area contributed by atoms with Crippen LogP contribution in [0.4, 0.5) is 0 Å². The highest BCUT2D eigenvalue weighted by molar-refractivity contribution is 9.09. The number of hydrogen-bond donors (Lipinski definition) is 1. The topological polar surface area (TPSA) is 96.4 Å². The van der Waals surface area contributed by atoms with Gasteiger partial charge in [-0.3, -0.25) is 14.4 Å². The molecule has 3 aliphatic rings. The predicted octanol–water partition coefficient (Wildman–Crippen LogP) is 1.10. The van der Waals surface area contributed by atoms with Crippen LogP contribution in [0.3, 0.4) is 0 Å². The number of nitrogens with zero attached hydrogens (tertiary/aromatic N) is 2. The van der Waals surface area contributed by atoms with Gasteiger partial charge in [-0.05, 0) is 34.1 Å². The molecule has 3 aliphatic heterocycles. The van der Waals surface area contributed by atoms with Crippen molar-refractivity contribution in [3.63, 3.8) is 0 Å². The van der Waals surface area contributed by atoms with E-state index in [2.05, 4.69) is 22.5 Å². The van der Waals surface area contributed by atoms with E-state index >= 15 is 0 Å². The molecular formula is C21H31BrN2O6. The van der Waals surface area contributed by atoms with Crippen LogP contribution in [0.1, 0.15) is 34.1 Å². The van der Waals surface area contributed by atoms with Crippen molar-refractivity contribution in [2.24, 2.45) is 11.8 Å². The van der Waals surface area contributed by atoms with Crippen molar-refractivity contribution in [3.05, 3.63) is 12.7 Å². The minimum Gasteiger partial charge on any atom is -0.466 e. The van der Waals surface area contributed by atoms with Crippen LogP contribution >= 0.6 is 15.9 Å². The summed E-state index contributed by atoms with van der Waals surface area (Å²) in [7, 11) is 0. The maximum Gasteiger partial charge on any atom is 0.312 e. The Bertz CT molecular complexity index is 730. The summed E-state index contributed by atoms with van der Waals surface area (Å²) in [4.78, 5) is 43.0. The normalized spacial score (nSPS) is 35.5. The molecule has 3 rings (SSSR count). The first-order valence-electron chi connectivity index (χ1n) is 10.5. The summed E-state index contributed by atoms with van der Waals surface area (Å²) >= 11 is 3.60. The molecule has 168 valence electrons. The van der Waals surface area contributed by atoms with E-state index in [1.807, 2.05) is 13.8 Å². The van der Waals surface area contributed by atoms with E-state index in [-0.39, 0.29) is 35.9 Å². The molecule has 3 saturated heterocycles. The van der Waals surface area contributed by atoms with Gasteiger partial charge in [0.05, 0.1) is 37.2 Å². The van der Waals surface area contributed by atoms with Crippen LogP contribution in [0, 0.1) is 11.8 Å². The summed E-state index contributed by atoms with van der Waals surface area (Å²) in [6.45, 7) is 11.2. The number of fused-ring (bicyclic) bond motifs is 1. The van der Waals surface area contributed by atoms with Crippen LogP contribution in [-0.2, 0) is 23.9 Å². The molecule has 30 heavy (non-hydrogen) atoms. The summed E-state index contributed by atoms with van der Waals surface area (Å²) < 4.78 is 11.6. The Balaban J connectivity index is 2.10. The highest BCUT2D eigenvalue weighted by Crippen LogP contribution is 2.60. The van der Waals surface area contributed by atoms with Crippen molar-refractivity contribution in [3.8, 4) is 0 Å². The van der Waals surface area contributed by atoms with Crippen molar-refractivity contribution in [2.75, 3.05) is 19.8 Å². The van der Waals surface area contributed by atoms with Gasteiger partial charge >= 0.3 is 5.97 Å². The number of amides is 2. The van der Waals surface area contributed by atoms with Crippen molar-refractivity contribution < 1.29 is 29.0 Å². The fourth-order valence-corrected chi connectivity index (χ4v) is 6.21. The van der Waals surface area contributed by atoms with Gasteiger partial charge in [-0.2, -0.15) is 0 Å². The lowest BCUT2D eigenvalue weighted by atomic mass is 9.70. The molecule has 0 aliphatic carbocycles. The highest BCUT2D eigenvalue weighted by atomic mass is 79.9. The maximum atomic E-state index is 13.8. The van der Waals surface area contributed by atoms with E-state index in [4.69, 9.17) is 9.47 Å². The Morgan fingerprint density at radius 3 is 2.67 bits per heavy atom. The lowest BCUT2D eigenvalue weighted by Crippen LogP contribution is -2.59. The summed E-state index contributed by atoms with van der Waals surface area (Å²) in [5, 5.41) is 9.83. The van der Waals surface area contributed by atoms with Crippen molar-refractivity contribution in [1.82, 2.24) is 9.80 Å². The SMILES string of the molecule is C=CCN(C(=O)C1N([C@H](C)CO)C(=O)[C@@H]2[C@H](C(=O)OCC)[C@H]3OC12CC3Br)C(C)C. The average Bonchev–Trinajstić information content (AvgIpc) is 3.28. The Morgan fingerprint density at radius 1 is 1.47 bits per heavy atom. The molecule has 2 bridgehead atoms. The summed E-state index contributed by atoms with van der Waals surface area (Å²) in [5.41, 5.74) is -1.14. The summed E-state index contributed by atoms with van der Waals surface area (Å²) in [5.74, 6) is -2.67. The second-order valence-electron chi connectivity index (χ2n) is 8.57. The minimum atomic E-state index is -1.14. The van der Waals surface area contributed by atoms with E-state index in [1.165, 1.54) is 4.90 Å². The van der Waals surface area contributed by atoms with Crippen LogP contribution in [0.5, 0.6) is 0 Å². The van der Waals surface area contributed by atoms with Crippen molar-refractivity contribution >= 4 is 33.7 Å². The first-order chi connectivity index (χ1) is 14.2. The molecule has 0 aromatic rings. The Hall–Kier alpha value is -1.45. The second-order valence-corrected chi connectivity index (χ2v) is 9.74. The Kier molecular flexibility index (Phi) is 6.65. The zero-order valence-electron chi connectivity index (χ0n) is 17.9. The number of aliphatic hydroxyl groups excluding tert-OH is 1. The third-order valence-electron chi connectivity index (χ3n) is 6.49. The average molecular weight is 487 g/mol. The van der Waals surface area contributed by atoms with Crippen LogP contribution < -0.4 is 0 Å². The molecule has 0 aromatic carbocycles. The van der Waals surface area contributed by atoms with Gasteiger partial charge in [-0.15, -0.1) is 6.58 Å². The Labute approximate surface area is 185 Å². The number of alkyl halides is 1. The zero-order valence-corrected chi connectivity index (χ0v) is 19.5. The number of ether oxygens (including phenoxy) is 2. The van der Waals surface area contributed by atoms with E-state index in [0.717, 1.165) is 0 Å². The molecule has 2 amide bonds. The zero-order chi connectivity index (χ0) is 22.4. The molecule has 9 heteroatoms. The van der Waals surface area contributed by atoms with Gasteiger partial charge in [-0.1, -0.05) is 22.0 Å². The van der Waals surface area contributed by atoms with Crippen LogP contribution in [0.25, 0.3) is 0 Å². The number of rotatable bonds is 8. The third kappa shape index (κ3) is 3.29. The van der Waals surface area contributed by atoms with Gasteiger partial charge in [0.25, 0.3) is 0 Å². The van der Waals surface area contributed by atoms with E-state index < -0.39 is 41.6 Å². The number of carbonyl (C=O) groups excluding carboxylic acids is 3. The number of esters is 1. The smallest absolute Gasteiger partial charge is 0.312 e. The molecule has 3 fully saturated rings. The Morgan fingerprint density at radius 2 is 2.13 bits per heavy atom. The van der Waals surface area contributed by atoms with Gasteiger partial charge in [0.2, 0.25) is 11.8 Å². The number of halogens is 1. The number of hydrogen-bond acceptors (Lipinski definition) is 6. The fraction of sp³-hybridized carbons (Fsp3) is 0.762. The van der Waals surface area contributed by atoms with Gasteiger partial charge in [0, 0.05) is 17.4 Å². The molecule has 0 aromatic heterocycles. The first-order valence-corrected chi connectivity index (χ1v) is 11.4. The quantitative estimate of drug-likeness (QED) is 0.313. The van der Waals surface area contributed by atoms with E-state index in [0.29, 0.717) is 13.0 Å². The fourth-order valence-electron chi connectivity index (χ4n) is 5.27. The largest absolute Gasteiger partial charge is 0.466 e. The van der Waals surface area contributed by atoms with Gasteiger partial charge in [-0.25, -0.2) is 0 Å². The predicted molar refractivity (Wildman–Crippen MR) is 113 cm³/mol. The van der Waals surface area contributed by atoms with Gasteiger partial charge < -0.3 is 24.4 Å². The van der Waals surface area contributed by atoms with E-state index in [9.17, 15) is 19.5 Å². The lowest BCUT2D eigenvalue weighted by Gasteiger charge is -2.39. The molecule has 0 radical (unpaired) electrons. The van der Waals surface area contributed by atoms with E-state index in [1.54, 1.807) is 24.8 Å². The van der Waals surface area contributed by atoms with Gasteiger partial charge in [0.1, 0.15) is 11.6 Å². The number of carbonyl (C=O) groups is 3. The molecule has 3 unspecified atom stereocenters. The summed E-state index contributed by atoms with van der Waals surface area (Å²) in [6.07, 6.45) is 1.53. The first kappa shape index (κ1) is 23.2. The maximum absolute atomic E-state index is 13.8. The highest BCUT2D eigenvalue weighted by Gasteiger charge is 2.77. The standard InChI is InChI=1S/C21H31BrN2O6/c1-6-8-23(11(3)4)19(27)17-21-9-13(22)16(30-21)14(20(28)29-7-2)15(21)18(26)24(17)12(5)10-25/h6,11-17,25H,1,7-10H2,2-5H3/t12-,13?,14+,15+,16+,17?,21?/m1/s1. The number of aliphatic hydroxyl groups is 1. The minimum absolute atomic E-state index is 0.119. The molecule has 3 heterocycles. The van der Waals surface area contributed by atoms with Crippen LogP contribution in [-0.4, -0.2) is 87.1 Å². The molecule has 0 saturated carbocycles. The molecule has 7 atom stereocenters. The van der Waals surface area contributed by atoms with Crippen LogP contribution in [0.15, 0.2) is 12.7 Å².